The van der Waals surface area contributed by atoms with Gasteiger partial charge in [0.1, 0.15) is 0 Å². The summed E-state index contributed by atoms with van der Waals surface area (Å²) in [5.74, 6) is -2.25. The summed E-state index contributed by atoms with van der Waals surface area (Å²) in [4.78, 5) is 23.2. The maximum Gasteiger partial charge on any atom is 0.201 e. The van der Waals surface area contributed by atoms with Gasteiger partial charge < -0.3 is 20.4 Å². The molecule has 0 fully saturated rings. The van der Waals surface area contributed by atoms with E-state index in [9.17, 15) is 14.7 Å². The second-order valence-corrected chi connectivity index (χ2v) is 3.60. The molecule has 0 heterocycles. The van der Waals surface area contributed by atoms with Gasteiger partial charge in [0.25, 0.3) is 0 Å². The van der Waals surface area contributed by atoms with Crippen molar-refractivity contribution in [2.24, 2.45) is 5.41 Å². The van der Waals surface area contributed by atoms with Gasteiger partial charge in [-0.25, -0.2) is 0 Å². The molecule has 0 rings (SSSR count). The van der Waals surface area contributed by atoms with E-state index in [-0.39, 0.29) is 0 Å². The summed E-state index contributed by atoms with van der Waals surface area (Å²) in [7, 11) is 0. The van der Waals surface area contributed by atoms with Gasteiger partial charge in [0.05, 0.1) is 25.2 Å². The van der Waals surface area contributed by atoms with E-state index in [4.69, 9.17) is 15.3 Å². The number of aliphatic hydroxyl groups is 4. The molecule has 0 unspecified atom stereocenters. The highest BCUT2D eigenvalue weighted by molar-refractivity contribution is 6.18. The summed E-state index contributed by atoms with van der Waals surface area (Å²) >= 11 is 0. The molecule has 0 radical (unpaired) electrons. The molecule has 0 aromatic rings. The minimum absolute atomic E-state index is 0.678. The van der Waals surface area contributed by atoms with Crippen LogP contribution in [0.2, 0.25) is 0 Å². The Morgan fingerprint density at radius 3 is 1.41 bits per heavy atom. The summed E-state index contributed by atoms with van der Waals surface area (Å²) in [6.07, 6.45) is 1.36. The molecule has 0 aliphatic heterocycles. The van der Waals surface area contributed by atoms with E-state index in [0.29, 0.717) is 12.2 Å². The molecule has 0 aromatic carbocycles. The molecule has 17 heavy (non-hydrogen) atoms. The molecule has 0 atom stereocenters. The Morgan fingerprint density at radius 1 is 0.941 bits per heavy atom. The largest absolute Gasteiger partial charge is 0.395 e. The normalized spacial score (nSPS) is 12.0. The Balaban J connectivity index is 5.91. The maximum absolute atomic E-state index is 11.6. The third kappa shape index (κ3) is 2.20. The molecule has 0 amide bonds. The molecule has 4 N–H and O–H groups in total. The van der Waals surface area contributed by atoms with Gasteiger partial charge in [-0.3, -0.25) is 9.59 Å². The van der Waals surface area contributed by atoms with Crippen molar-refractivity contribution < 1.29 is 30.0 Å². The van der Waals surface area contributed by atoms with Crippen LogP contribution in [0.4, 0.5) is 0 Å². The number of carbonyl (C=O) groups is 2. The van der Waals surface area contributed by atoms with Crippen LogP contribution in [0.15, 0.2) is 25.3 Å². The Kier molecular flexibility index (Phi) is 5.37. The average molecular weight is 244 g/mol. The van der Waals surface area contributed by atoms with Crippen LogP contribution in [-0.2, 0) is 9.59 Å². The van der Waals surface area contributed by atoms with Crippen LogP contribution in [0.3, 0.4) is 0 Å². The minimum Gasteiger partial charge on any atom is -0.395 e. The van der Waals surface area contributed by atoms with Gasteiger partial charge >= 0.3 is 0 Å². The molecule has 6 heteroatoms. The second kappa shape index (κ2) is 5.83. The number of hydrogen-bond donors (Lipinski definition) is 4. The van der Waals surface area contributed by atoms with Crippen molar-refractivity contribution in [3.8, 4) is 0 Å². The Hall–Kier alpha value is -1.34. The molecular formula is C11H16O6. The first-order chi connectivity index (χ1) is 7.89. The van der Waals surface area contributed by atoms with Crippen molar-refractivity contribution in [1.29, 1.82) is 0 Å². The van der Waals surface area contributed by atoms with E-state index in [0.717, 1.165) is 0 Å². The molecule has 0 aromatic heterocycles. The van der Waals surface area contributed by atoms with E-state index in [2.05, 4.69) is 13.2 Å². The highest BCUT2D eigenvalue weighted by Gasteiger charge is 2.58. The fourth-order valence-corrected chi connectivity index (χ4v) is 1.43. The fourth-order valence-electron chi connectivity index (χ4n) is 1.43. The number of rotatable bonds is 8. The molecule has 0 aliphatic carbocycles. The van der Waals surface area contributed by atoms with Crippen LogP contribution in [0.1, 0.15) is 0 Å². The maximum atomic E-state index is 11.6. The van der Waals surface area contributed by atoms with E-state index in [1.54, 1.807) is 0 Å². The molecule has 6 nitrogen and oxygen atoms in total. The Morgan fingerprint density at radius 2 is 1.24 bits per heavy atom. The molecule has 0 spiro atoms. The summed E-state index contributed by atoms with van der Waals surface area (Å²) in [5, 5.41) is 37.6. The first-order valence-electron chi connectivity index (χ1n) is 4.79. The van der Waals surface area contributed by atoms with Gasteiger partial charge in [-0.2, -0.15) is 0 Å². The van der Waals surface area contributed by atoms with Crippen molar-refractivity contribution in [3.63, 3.8) is 0 Å². The van der Waals surface area contributed by atoms with Crippen molar-refractivity contribution >= 4 is 11.6 Å². The number of carbonyl (C=O) groups excluding carboxylic acids is 2. The second-order valence-electron chi connectivity index (χ2n) is 3.60. The van der Waals surface area contributed by atoms with Crippen LogP contribution in [0.25, 0.3) is 0 Å². The molecule has 96 valence electrons. The van der Waals surface area contributed by atoms with E-state index in [1.807, 2.05) is 0 Å². The first kappa shape index (κ1) is 15.7. The van der Waals surface area contributed by atoms with E-state index in [1.165, 1.54) is 0 Å². The van der Waals surface area contributed by atoms with Crippen molar-refractivity contribution in [2.75, 3.05) is 19.8 Å². The van der Waals surface area contributed by atoms with Gasteiger partial charge in [-0.1, -0.05) is 13.2 Å². The topological polar surface area (TPSA) is 115 Å². The van der Waals surface area contributed by atoms with Crippen molar-refractivity contribution in [1.82, 2.24) is 0 Å². The highest BCUT2D eigenvalue weighted by atomic mass is 16.3. The van der Waals surface area contributed by atoms with Gasteiger partial charge in [0.15, 0.2) is 11.6 Å². The SMILES string of the molecule is C=CC(=O)C(O)(C(=O)C=C)C(CO)(CO)CO. The zero-order chi connectivity index (χ0) is 13.7. The number of aliphatic hydroxyl groups excluding tert-OH is 3. The lowest BCUT2D eigenvalue weighted by atomic mass is 9.68. The Bertz CT molecular complexity index is 301. The molecule has 0 aliphatic rings. The predicted octanol–water partition coefficient (Wildman–Crippen LogP) is -1.81. The number of ketones is 2. The summed E-state index contributed by atoms with van der Waals surface area (Å²) in [6, 6.07) is 0. The smallest absolute Gasteiger partial charge is 0.201 e. The minimum atomic E-state index is -2.78. The van der Waals surface area contributed by atoms with Crippen LogP contribution in [-0.4, -0.2) is 57.4 Å². The standard InChI is InChI=1S/C11H16O6/c1-3-8(15)11(17,9(16)4-2)10(5-12,6-13)7-14/h3-4,12-14,17H,1-2,5-7H2. The van der Waals surface area contributed by atoms with Gasteiger partial charge in [0, 0.05) is 0 Å². The lowest BCUT2D eigenvalue weighted by Gasteiger charge is -2.40. The van der Waals surface area contributed by atoms with Gasteiger partial charge in [0.2, 0.25) is 5.60 Å². The predicted molar refractivity (Wildman–Crippen MR) is 59.0 cm³/mol. The van der Waals surface area contributed by atoms with E-state index < -0.39 is 42.4 Å². The van der Waals surface area contributed by atoms with E-state index >= 15 is 0 Å². The third-order valence-corrected chi connectivity index (χ3v) is 2.76. The summed E-state index contributed by atoms with van der Waals surface area (Å²) in [6.45, 7) is 3.35. The molecule has 0 saturated heterocycles. The van der Waals surface area contributed by atoms with Crippen LogP contribution >= 0.6 is 0 Å². The lowest BCUT2D eigenvalue weighted by Crippen LogP contribution is -2.63. The molecule has 0 saturated carbocycles. The lowest BCUT2D eigenvalue weighted by molar-refractivity contribution is -0.177. The summed E-state index contributed by atoms with van der Waals surface area (Å²) < 4.78 is 0. The molecule has 0 bridgehead atoms. The van der Waals surface area contributed by atoms with Crippen LogP contribution in [0, 0.1) is 5.41 Å². The van der Waals surface area contributed by atoms with Crippen LogP contribution in [0.5, 0.6) is 0 Å². The fraction of sp³-hybridized carbons (Fsp3) is 0.455. The zero-order valence-corrected chi connectivity index (χ0v) is 9.30. The monoisotopic (exact) mass is 244 g/mol. The van der Waals surface area contributed by atoms with Crippen molar-refractivity contribution in [3.05, 3.63) is 25.3 Å². The highest BCUT2D eigenvalue weighted by Crippen LogP contribution is 2.33. The number of hydrogen-bond acceptors (Lipinski definition) is 6. The zero-order valence-electron chi connectivity index (χ0n) is 9.30. The quantitative estimate of drug-likeness (QED) is 0.295. The van der Waals surface area contributed by atoms with Gasteiger partial charge in [-0.15, -0.1) is 0 Å². The molecular weight excluding hydrogens is 228 g/mol. The van der Waals surface area contributed by atoms with Gasteiger partial charge in [-0.05, 0) is 12.2 Å². The van der Waals surface area contributed by atoms with Crippen LogP contribution < -0.4 is 0 Å². The average Bonchev–Trinajstić information content (AvgIpc) is 2.38. The summed E-state index contributed by atoms with van der Waals surface area (Å²) in [5.41, 5.74) is -4.88. The third-order valence-electron chi connectivity index (χ3n) is 2.76. The first-order valence-corrected chi connectivity index (χ1v) is 4.79. The van der Waals surface area contributed by atoms with Crippen molar-refractivity contribution in [2.45, 2.75) is 5.60 Å². The Labute approximate surface area is 98.5 Å².